The number of phenolic OH excluding ortho intramolecular Hbond substituents is 1. The maximum Gasteiger partial charge on any atom is 0.328 e. The monoisotopic (exact) mass is 494 g/mol. The molecule has 0 saturated heterocycles. The number of guanidine groups is 1. The topological polar surface area (TPSA) is 201 Å². The van der Waals surface area contributed by atoms with Crippen LogP contribution in [-0.2, 0) is 4.79 Å². The number of nitrogens with one attached hydrogen (secondary N) is 3. The molecule has 188 valence electrons. The van der Waals surface area contributed by atoms with Crippen molar-refractivity contribution in [2.45, 2.75) is 6.04 Å². The maximum atomic E-state index is 12.5. The Morgan fingerprint density at radius 2 is 1.78 bits per heavy atom. The fourth-order valence-corrected chi connectivity index (χ4v) is 3.27. The van der Waals surface area contributed by atoms with E-state index >= 15 is 0 Å². The molecule has 1 unspecified atom stereocenters. The second-order valence-corrected chi connectivity index (χ2v) is 7.56. The van der Waals surface area contributed by atoms with Gasteiger partial charge in [-0.2, -0.15) is 0 Å². The number of aromatic hydroxyl groups is 1. The molecule has 3 amide bonds. The van der Waals surface area contributed by atoms with Crippen molar-refractivity contribution in [2.24, 2.45) is 16.5 Å². The van der Waals surface area contributed by atoms with Gasteiger partial charge in [0.2, 0.25) is 0 Å². The number of carboxylic acid groups (broad SMARTS) is 1. The van der Waals surface area contributed by atoms with Gasteiger partial charge in [0.25, 0.3) is 5.91 Å². The quantitative estimate of drug-likeness (QED) is 0.124. The van der Waals surface area contributed by atoms with Crippen molar-refractivity contribution in [3.05, 3.63) is 66.2 Å². The number of amides is 3. The summed E-state index contributed by atoms with van der Waals surface area (Å²) in [4.78, 5) is 40.3. The second kappa shape index (κ2) is 11.9. The smallest absolute Gasteiger partial charge is 0.328 e. The first-order valence-corrected chi connectivity index (χ1v) is 10.8. The summed E-state index contributed by atoms with van der Waals surface area (Å²) in [6.45, 7) is -0.0635. The molecule has 0 spiro atoms. The number of carbonyl (C=O) groups excluding carboxylic acids is 2. The molecule has 0 radical (unpaired) electrons. The van der Waals surface area contributed by atoms with Crippen LogP contribution in [0.25, 0.3) is 10.8 Å². The highest BCUT2D eigenvalue weighted by Crippen LogP contribution is 2.24. The lowest BCUT2D eigenvalue weighted by Gasteiger charge is -2.17. The number of aliphatic imine (C=N–C) groups is 1. The van der Waals surface area contributed by atoms with Gasteiger partial charge in [0.15, 0.2) is 5.96 Å². The zero-order valence-corrected chi connectivity index (χ0v) is 19.1. The van der Waals surface area contributed by atoms with Crippen LogP contribution in [0.1, 0.15) is 10.4 Å². The van der Waals surface area contributed by atoms with E-state index in [4.69, 9.17) is 16.2 Å². The third-order valence-electron chi connectivity index (χ3n) is 4.98. The molecule has 12 nitrogen and oxygen atoms in total. The largest absolute Gasteiger partial charge is 0.507 e. The van der Waals surface area contributed by atoms with Crippen LogP contribution in [0.5, 0.6) is 11.5 Å². The number of anilines is 1. The number of hydrogen-bond donors (Lipinski definition) is 7. The number of phenols is 1. The van der Waals surface area contributed by atoms with Gasteiger partial charge < -0.3 is 42.4 Å². The Labute approximate surface area is 206 Å². The molecule has 0 aliphatic rings. The first kappa shape index (κ1) is 25.6. The standard InChI is InChI=1S/C24H26N6O6/c25-23(26)27-10-11-36-15-8-9-17(20(31)12-15)21(32)28-13-19(22(33)34)30-24(35)29-18-7-3-5-14-4-1-2-6-16(14)18/h1-9,12,19,31H,10-11,13H2,(H,28,32)(H,33,34)(H4,25,26,27)(H2,29,30,35). The van der Waals surface area contributed by atoms with Gasteiger partial charge in [0, 0.05) is 18.0 Å². The van der Waals surface area contributed by atoms with Gasteiger partial charge in [0.1, 0.15) is 24.1 Å². The van der Waals surface area contributed by atoms with Gasteiger partial charge >= 0.3 is 12.0 Å². The zero-order valence-electron chi connectivity index (χ0n) is 19.1. The van der Waals surface area contributed by atoms with E-state index in [2.05, 4.69) is 20.9 Å². The number of carboxylic acids is 1. The Balaban J connectivity index is 1.57. The molecule has 0 bridgehead atoms. The number of nitrogens with two attached hydrogens (primary N) is 2. The molecule has 0 heterocycles. The summed E-state index contributed by atoms with van der Waals surface area (Å²) in [6.07, 6.45) is 0. The molecule has 0 aromatic heterocycles. The molecule has 36 heavy (non-hydrogen) atoms. The Morgan fingerprint density at radius 3 is 2.50 bits per heavy atom. The molecule has 9 N–H and O–H groups in total. The summed E-state index contributed by atoms with van der Waals surface area (Å²) in [5.74, 6) is -2.25. The van der Waals surface area contributed by atoms with Gasteiger partial charge in [-0.05, 0) is 23.6 Å². The van der Waals surface area contributed by atoms with E-state index in [0.717, 1.165) is 10.8 Å². The number of benzene rings is 3. The van der Waals surface area contributed by atoms with Crippen LogP contribution in [0.4, 0.5) is 10.5 Å². The predicted molar refractivity (Wildman–Crippen MR) is 134 cm³/mol. The minimum absolute atomic E-state index is 0.0753. The van der Waals surface area contributed by atoms with E-state index in [0.29, 0.717) is 5.69 Å². The predicted octanol–water partition coefficient (Wildman–Crippen LogP) is 1.20. The van der Waals surface area contributed by atoms with E-state index in [-0.39, 0.29) is 36.2 Å². The first-order valence-electron chi connectivity index (χ1n) is 10.8. The highest BCUT2D eigenvalue weighted by Gasteiger charge is 2.22. The van der Waals surface area contributed by atoms with Gasteiger partial charge in [0.05, 0.1) is 17.8 Å². The number of rotatable bonds is 10. The van der Waals surface area contributed by atoms with Crippen molar-refractivity contribution < 1.29 is 29.3 Å². The molecule has 3 aromatic rings. The average Bonchev–Trinajstić information content (AvgIpc) is 2.84. The van der Waals surface area contributed by atoms with Crippen LogP contribution in [0.3, 0.4) is 0 Å². The molecule has 0 saturated carbocycles. The Morgan fingerprint density at radius 1 is 1.03 bits per heavy atom. The van der Waals surface area contributed by atoms with E-state index in [1.54, 1.807) is 12.1 Å². The minimum Gasteiger partial charge on any atom is -0.507 e. The lowest BCUT2D eigenvalue weighted by atomic mass is 10.1. The number of aliphatic carboxylic acids is 1. The number of carbonyl (C=O) groups is 3. The molecule has 3 aromatic carbocycles. The summed E-state index contributed by atoms with van der Waals surface area (Å²) >= 11 is 0. The number of ether oxygens (including phenoxy) is 1. The lowest BCUT2D eigenvalue weighted by molar-refractivity contribution is -0.138. The van der Waals surface area contributed by atoms with Crippen LogP contribution in [0.2, 0.25) is 0 Å². The number of urea groups is 1. The minimum atomic E-state index is -1.43. The van der Waals surface area contributed by atoms with Crippen LogP contribution in [0, 0.1) is 0 Å². The Hall–Kier alpha value is -5.00. The lowest BCUT2D eigenvalue weighted by Crippen LogP contribution is -2.49. The molecule has 1 atom stereocenters. The van der Waals surface area contributed by atoms with Gasteiger partial charge in [-0.1, -0.05) is 36.4 Å². The van der Waals surface area contributed by atoms with Crippen LogP contribution in [0.15, 0.2) is 65.7 Å². The third-order valence-corrected chi connectivity index (χ3v) is 4.98. The van der Waals surface area contributed by atoms with Crippen molar-refractivity contribution in [2.75, 3.05) is 25.0 Å². The number of fused-ring (bicyclic) bond motifs is 1. The summed E-state index contributed by atoms with van der Waals surface area (Å²) < 4.78 is 5.38. The van der Waals surface area contributed by atoms with Crippen molar-refractivity contribution in [3.63, 3.8) is 0 Å². The molecular weight excluding hydrogens is 468 g/mol. The molecule has 3 rings (SSSR count). The van der Waals surface area contributed by atoms with E-state index < -0.39 is 30.5 Å². The van der Waals surface area contributed by atoms with Crippen molar-refractivity contribution >= 4 is 40.3 Å². The van der Waals surface area contributed by atoms with Crippen LogP contribution < -0.4 is 32.2 Å². The third kappa shape index (κ3) is 7.00. The van der Waals surface area contributed by atoms with Gasteiger partial charge in [-0.3, -0.25) is 9.79 Å². The van der Waals surface area contributed by atoms with Crippen LogP contribution in [-0.4, -0.2) is 59.8 Å². The molecule has 0 aliphatic carbocycles. The fourth-order valence-electron chi connectivity index (χ4n) is 3.27. The highest BCUT2D eigenvalue weighted by molar-refractivity contribution is 6.02. The van der Waals surface area contributed by atoms with Crippen molar-refractivity contribution in [1.82, 2.24) is 10.6 Å². The van der Waals surface area contributed by atoms with Gasteiger partial charge in [-0.15, -0.1) is 0 Å². The highest BCUT2D eigenvalue weighted by atomic mass is 16.5. The summed E-state index contributed by atoms with van der Waals surface area (Å²) in [6, 6.07) is 14.6. The Kier molecular flexibility index (Phi) is 8.49. The van der Waals surface area contributed by atoms with E-state index in [1.165, 1.54) is 18.2 Å². The summed E-state index contributed by atoms with van der Waals surface area (Å²) in [5, 5.41) is 28.7. The maximum absolute atomic E-state index is 12.5. The molecule has 0 fully saturated rings. The van der Waals surface area contributed by atoms with E-state index in [1.807, 2.05) is 30.3 Å². The van der Waals surface area contributed by atoms with Crippen molar-refractivity contribution in [3.8, 4) is 11.5 Å². The fraction of sp³-hybridized carbons (Fsp3) is 0.167. The summed E-state index contributed by atoms with van der Waals surface area (Å²) in [5.41, 5.74) is 10.8. The first-order chi connectivity index (χ1) is 17.2. The number of hydrogen-bond acceptors (Lipinski definition) is 6. The SMILES string of the molecule is NC(N)=NCCOc1ccc(C(=O)NCC(NC(=O)Nc2cccc3ccccc23)C(=O)O)c(O)c1. The zero-order chi connectivity index (χ0) is 26.1. The van der Waals surface area contributed by atoms with E-state index in [9.17, 15) is 24.6 Å². The number of nitrogens with zero attached hydrogens (tertiary/aromatic N) is 1. The normalized spacial score (nSPS) is 11.2. The second-order valence-electron chi connectivity index (χ2n) is 7.56. The van der Waals surface area contributed by atoms with Crippen LogP contribution >= 0.6 is 0 Å². The average molecular weight is 495 g/mol. The summed E-state index contributed by atoms with van der Waals surface area (Å²) in [7, 11) is 0. The molecule has 0 aliphatic heterocycles. The van der Waals surface area contributed by atoms with Crippen molar-refractivity contribution in [1.29, 1.82) is 0 Å². The Bertz CT molecular complexity index is 1290. The molecular formula is C24H26N6O6. The molecule has 12 heteroatoms. The van der Waals surface area contributed by atoms with Gasteiger partial charge in [-0.25, -0.2) is 9.59 Å².